The molecular formula is C33H68. The first-order valence-corrected chi connectivity index (χ1v) is 16.3. The minimum atomic E-state index is 1.04. The average Bonchev–Trinajstić information content (AvgIpc) is 2.82. The molecule has 0 bridgehead atoms. The van der Waals surface area contributed by atoms with Gasteiger partial charge in [-0.25, -0.2) is 0 Å². The van der Waals surface area contributed by atoms with Crippen LogP contribution >= 0.6 is 0 Å². The topological polar surface area (TPSA) is 0 Å². The minimum Gasteiger partial charge on any atom is -0.0654 e. The van der Waals surface area contributed by atoms with Gasteiger partial charge in [-0.1, -0.05) is 207 Å². The third-order valence-electron chi connectivity index (χ3n) is 7.90. The second-order valence-corrected chi connectivity index (χ2v) is 11.4. The Morgan fingerprint density at radius 2 is 0.424 bits per heavy atom. The van der Waals surface area contributed by atoms with Gasteiger partial charge in [0, 0.05) is 0 Å². The van der Waals surface area contributed by atoms with E-state index in [9.17, 15) is 0 Å². The summed E-state index contributed by atoms with van der Waals surface area (Å²) in [5, 5.41) is 0. The predicted molar refractivity (Wildman–Crippen MR) is 154 cm³/mol. The first-order chi connectivity index (χ1) is 16.3. The maximum absolute atomic E-state index is 2.35. The lowest BCUT2D eigenvalue weighted by Gasteiger charge is -2.17. The van der Waals surface area contributed by atoms with Crippen molar-refractivity contribution in [2.75, 3.05) is 0 Å². The quantitative estimate of drug-likeness (QED) is 0.0965. The molecule has 0 spiro atoms. The molecule has 0 N–H and O–H groups in total. The van der Waals surface area contributed by atoms with Crippen LogP contribution in [0.2, 0.25) is 0 Å². The van der Waals surface area contributed by atoms with Crippen molar-refractivity contribution in [2.45, 2.75) is 207 Å². The molecule has 0 saturated heterocycles. The summed E-state index contributed by atoms with van der Waals surface area (Å²) in [4.78, 5) is 0. The zero-order chi connectivity index (χ0) is 24.1. The van der Waals surface area contributed by atoms with Gasteiger partial charge in [0.1, 0.15) is 0 Å². The Morgan fingerprint density at radius 3 is 0.697 bits per heavy atom. The van der Waals surface area contributed by atoms with E-state index in [4.69, 9.17) is 0 Å². The highest BCUT2D eigenvalue weighted by molar-refractivity contribution is 4.62. The van der Waals surface area contributed by atoms with Gasteiger partial charge in [-0.05, 0) is 5.92 Å². The molecule has 0 aliphatic rings. The largest absolute Gasteiger partial charge is 0.0654 e. The smallest absolute Gasteiger partial charge is 0.0414 e. The molecule has 0 radical (unpaired) electrons. The van der Waals surface area contributed by atoms with Gasteiger partial charge in [-0.15, -0.1) is 0 Å². The van der Waals surface area contributed by atoms with Gasteiger partial charge in [0.15, 0.2) is 0 Å². The van der Waals surface area contributed by atoms with E-state index in [0.717, 1.165) is 5.92 Å². The highest BCUT2D eigenvalue weighted by Gasteiger charge is 2.08. The van der Waals surface area contributed by atoms with E-state index >= 15 is 0 Å². The van der Waals surface area contributed by atoms with Gasteiger partial charge < -0.3 is 0 Å². The van der Waals surface area contributed by atoms with Crippen molar-refractivity contribution in [2.24, 2.45) is 5.92 Å². The van der Waals surface area contributed by atoms with Gasteiger partial charge in [-0.2, -0.15) is 0 Å². The van der Waals surface area contributed by atoms with Crippen LogP contribution in [0.15, 0.2) is 0 Å². The normalized spacial score (nSPS) is 12.5. The van der Waals surface area contributed by atoms with E-state index in [1.165, 1.54) is 186 Å². The molecule has 0 rings (SSSR count). The predicted octanol–water partition coefficient (Wildman–Crippen LogP) is 13.0. The van der Waals surface area contributed by atoms with Crippen molar-refractivity contribution in [3.8, 4) is 0 Å². The zero-order valence-corrected chi connectivity index (χ0v) is 24.1. The molecule has 33 heavy (non-hydrogen) atoms. The first kappa shape index (κ1) is 33.0. The van der Waals surface area contributed by atoms with Crippen LogP contribution in [0, 0.1) is 5.92 Å². The lowest BCUT2D eigenvalue weighted by molar-refractivity contribution is 0.367. The Morgan fingerprint density at radius 1 is 0.242 bits per heavy atom. The molecule has 0 aliphatic carbocycles. The van der Waals surface area contributed by atoms with E-state index in [-0.39, 0.29) is 0 Å². The third kappa shape index (κ3) is 28.1. The van der Waals surface area contributed by atoms with Crippen molar-refractivity contribution in [1.82, 2.24) is 0 Å². The molecule has 0 aromatic heterocycles. The van der Waals surface area contributed by atoms with Crippen molar-refractivity contribution < 1.29 is 0 Å². The molecule has 0 heteroatoms. The minimum absolute atomic E-state index is 1.04. The fraction of sp³-hybridized carbons (Fsp3) is 1.00. The van der Waals surface area contributed by atoms with Gasteiger partial charge in [0.2, 0.25) is 0 Å². The van der Waals surface area contributed by atoms with Gasteiger partial charge in [0.05, 0.1) is 0 Å². The summed E-state index contributed by atoms with van der Waals surface area (Å²) in [7, 11) is 0. The van der Waals surface area contributed by atoms with Crippen LogP contribution in [0.4, 0.5) is 0 Å². The van der Waals surface area contributed by atoms with Crippen LogP contribution in [0.5, 0.6) is 0 Å². The van der Waals surface area contributed by atoms with Crippen molar-refractivity contribution in [3.63, 3.8) is 0 Å². The van der Waals surface area contributed by atoms with Crippen LogP contribution in [0.3, 0.4) is 0 Å². The molecular weight excluding hydrogens is 396 g/mol. The Bertz CT molecular complexity index is 320. The van der Waals surface area contributed by atoms with Crippen LogP contribution in [0.25, 0.3) is 0 Å². The van der Waals surface area contributed by atoms with Crippen LogP contribution in [-0.2, 0) is 0 Å². The highest BCUT2D eigenvalue weighted by Crippen LogP contribution is 2.24. The van der Waals surface area contributed by atoms with Crippen LogP contribution in [-0.4, -0.2) is 0 Å². The first-order valence-electron chi connectivity index (χ1n) is 16.3. The van der Waals surface area contributed by atoms with Crippen LogP contribution < -0.4 is 0 Å². The number of unbranched alkanes of at least 4 members (excludes halogenated alkanes) is 23. The summed E-state index contributed by atoms with van der Waals surface area (Å²) in [5.41, 5.74) is 0. The fourth-order valence-electron chi connectivity index (χ4n) is 5.49. The zero-order valence-electron chi connectivity index (χ0n) is 24.1. The molecule has 200 valence electrons. The second-order valence-electron chi connectivity index (χ2n) is 11.4. The molecule has 0 nitrogen and oxygen atoms in total. The van der Waals surface area contributed by atoms with Gasteiger partial charge in [-0.3, -0.25) is 0 Å². The molecule has 0 aromatic rings. The van der Waals surface area contributed by atoms with Gasteiger partial charge >= 0.3 is 0 Å². The molecule has 1 atom stereocenters. The van der Waals surface area contributed by atoms with E-state index in [1.807, 2.05) is 0 Å². The van der Waals surface area contributed by atoms with Crippen molar-refractivity contribution >= 4 is 0 Å². The Labute approximate surface area is 212 Å². The fourth-order valence-corrected chi connectivity index (χ4v) is 5.49. The SMILES string of the molecule is CCCCCCCCCCCCCCCCC(CCCCC)CCCCCCCCCCC. The average molecular weight is 465 g/mol. The van der Waals surface area contributed by atoms with Crippen molar-refractivity contribution in [3.05, 3.63) is 0 Å². The molecule has 0 aromatic carbocycles. The van der Waals surface area contributed by atoms with E-state index in [0.29, 0.717) is 0 Å². The maximum Gasteiger partial charge on any atom is -0.0414 e. The molecule has 0 heterocycles. The standard InChI is InChI=1S/C33H68/c1-4-7-10-12-14-16-17-18-19-20-22-24-26-29-32-33(30-27-9-6-3)31-28-25-23-21-15-13-11-8-5-2/h33H,4-32H2,1-3H3. The lowest BCUT2D eigenvalue weighted by Crippen LogP contribution is -2.01. The molecule has 1 unspecified atom stereocenters. The van der Waals surface area contributed by atoms with Crippen LogP contribution in [0.1, 0.15) is 207 Å². The third-order valence-corrected chi connectivity index (χ3v) is 7.90. The number of hydrogen-bond acceptors (Lipinski definition) is 0. The van der Waals surface area contributed by atoms with E-state index < -0.39 is 0 Å². The number of hydrogen-bond donors (Lipinski definition) is 0. The Kier molecular flexibility index (Phi) is 30.0. The summed E-state index contributed by atoms with van der Waals surface area (Å²) in [6.07, 6.45) is 42.8. The molecule has 0 fully saturated rings. The van der Waals surface area contributed by atoms with E-state index in [1.54, 1.807) is 0 Å². The monoisotopic (exact) mass is 465 g/mol. The molecule has 0 amide bonds. The summed E-state index contributed by atoms with van der Waals surface area (Å²) in [6.45, 7) is 6.98. The summed E-state index contributed by atoms with van der Waals surface area (Å²) < 4.78 is 0. The maximum atomic E-state index is 2.35. The highest BCUT2D eigenvalue weighted by atomic mass is 14.1. The summed E-state index contributed by atoms with van der Waals surface area (Å²) >= 11 is 0. The second kappa shape index (κ2) is 30.0. The Hall–Kier alpha value is 0. The summed E-state index contributed by atoms with van der Waals surface area (Å²) in [5.74, 6) is 1.04. The van der Waals surface area contributed by atoms with Crippen molar-refractivity contribution in [1.29, 1.82) is 0 Å². The Balaban J connectivity index is 3.56. The van der Waals surface area contributed by atoms with Gasteiger partial charge in [0.25, 0.3) is 0 Å². The number of rotatable bonds is 29. The molecule has 0 saturated carbocycles. The lowest BCUT2D eigenvalue weighted by atomic mass is 9.89. The summed E-state index contributed by atoms with van der Waals surface area (Å²) in [6, 6.07) is 0. The van der Waals surface area contributed by atoms with E-state index in [2.05, 4.69) is 20.8 Å². The molecule has 0 aliphatic heterocycles.